The van der Waals surface area contributed by atoms with Crippen LogP contribution in [0.3, 0.4) is 0 Å². The van der Waals surface area contributed by atoms with Gasteiger partial charge in [-0.15, -0.1) is 0 Å². The second-order valence-corrected chi connectivity index (χ2v) is 5.24. The van der Waals surface area contributed by atoms with E-state index in [2.05, 4.69) is 16.2 Å². The van der Waals surface area contributed by atoms with Crippen LogP contribution in [-0.2, 0) is 0 Å². The molecule has 4 N–H and O–H groups in total. The van der Waals surface area contributed by atoms with E-state index in [1.54, 1.807) is 0 Å². The Labute approximate surface area is 112 Å². The maximum absolute atomic E-state index is 11.7. The first-order chi connectivity index (χ1) is 8.28. The van der Waals surface area contributed by atoms with Crippen molar-refractivity contribution in [3.8, 4) is 5.75 Å². The Balaban J connectivity index is 2.47. The van der Waals surface area contributed by atoms with Crippen LogP contribution in [0.4, 0.5) is 0 Å². The molecule has 1 aromatic rings. The topological polar surface area (TPSA) is 73.4 Å². The lowest BCUT2D eigenvalue weighted by atomic mass is 10.1. The molecule has 0 atom stereocenters. The minimum atomic E-state index is -0.326. The minimum absolute atomic E-state index is 0.115. The molecule has 0 radical (unpaired) electrons. The Morgan fingerprint density at radius 1 is 1.17 bits per heavy atom. The summed E-state index contributed by atoms with van der Waals surface area (Å²) in [6, 6.07) is 5.93. The highest BCUT2D eigenvalue weighted by Gasteiger charge is 2.11. The summed E-state index contributed by atoms with van der Waals surface area (Å²) in [7, 11) is 0. The number of carbonyl (C=O) groups excluding carboxylic acids is 1. The molecule has 6 heteroatoms. The Bertz CT molecular complexity index is 438. The van der Waals surface area contributed by atoms with Crippen molar-refractivity contribution in [2.45, 2.75) is 26.3 Å². The Morgan fingerprint density at radius 3 is 2.22 bits per heavy atom. The molecule has 5 nitrogen and oxygen atoms in total. The molecule has 0 fully saturated rings. The summed E-state index contributed by atoms with van der Waals surface area (Å²) in [5, 5.41) is 12.4. The van der Waals surface area contributed by atoms with Gasteiger partial charge in [0.1, 0.15) is 5.75 Å². The average Bonchev–Trinajstić information content (AvgIpc) is 2.24. The number of carbonyl (C=O) groups is 1. The first-order valence-corrected chi connectivity index (χ1v) is 5.86. The summed E-state index contributed by atoms with van der Waals surface area (Å²) in [5.41, 5.74) is 5.33. The van der Waals surface area contributed by atoms with Crippen LogP contribution in [0, 0.1) is 0 Å². The number of benzene rings is 1. The Kier molecular flexibility index (Phi) is 4.49. The second kappa shape index (κ2) is 5.68. The van der Waals surface area contributed by atoms with E-state index in [0.29, 0.717) is 10.7 Å². The third kappa shape index (κ3) is 5.01. The third-order valence-corrected chi connectivity index (χ3v) is 2.11. The van der Waals surface area contributed by atoms with E-state index in [1.807, 2.05) is 20.8 Å². The van der Waals surface area contributed by atoms with Crippen LogP contribution in [-0.4, -0.2) is 21.7 Å². The maximum atomic E-state index is 11.7. The average molecular weight is 267 g/mol. The molecule has 1 aromatic carbocycles. The number of hydrogen-bond donors (Lipinski definition) is 4. The quantitative estimate of drug-likeness (QED) is 0.456. The molecular weight excluding hydrogens is 250 g/mol. The third-order valence-electron chi connectivity index (χ3n) is 1.91. The fraction of sp³-hybridized carbons (Fsp3) is 0.333. The van der Waals surface area contributed by atoms with Gasteiger partial charge in [0, 0.05) is 11.1 Å². The molecule has 0 aliphatic carbocycles. The number of aromatic hydroxyl groups is 1. The van der Waals surface area contributed by atoms with Crippen LogP contribution >= 0.6 is 12.2 Å². The molecule has 1 amide bonds. The van der Waals surface area contributed by atoms with Gasteiger partial charge in [-0.2, -0.15) is 0 Å². The Morgan fingerprint density at radius 2 is 1.72 bits per heavy atom. The number of hydrogen-bond acceptors (Lipinski definition) is 3. The molecule has 0 saturated carbocycles. The fourth-order valence-corrected chi connectivity index (χ4v) is 1.53. The zero-order valence-corrected chi connectivity index (χ0v) is 11.4. The number of thiocarbonyl (C=S) groups is 1. The molecule has 0 aliphatic rings. The summed E-state index contributed by atoms with van der Waals surface area (Å²) in [6.07, 6.45) is 0. The van der Waals surface area contributed by atoms with Crippen LogP contribution in [0.15, 0.2) is 24.3 Å². The molecule has 18 heavy (non-hydrogen) atoms. The fourth-order valence-electron chi connectivity index (χ4n) is 1.17. The van der Waals surface area contributed by atoms with Gasteiger partial charge in [-0.3, -0.25) is 15.6 Å². The predicted molar refractivity (Wildman–Crippen MR) is 74.2 cm³/mol. The Hall–Kier alpha value is -1.82. The van der Waals surface area contributed by atoms with Crippen LogP contribution < -0.4 is 16.2 Å². The number of nitrogens with one attached hydrogen (secondary N) is 3. The normalized spacial score (nSPS) is 10.6. The van der Waals surface area contributed by atoms with Crippen molar-refractivity contribution in [2.24, 2.45) is 0 Å². The van der Waals surface area contributed by atoms with Gasteiger partial charge in [-0.25, -0.2) is 0 Å². The summed E-state index contributed by atoms with van der Waals surface area (Å²) < 4.78 is 0. The van der Waals surface area contributed by atoms with Gasteiger partial charge in [-0.05, 0) is 57.3 Å². The number of rotatable bonds is 1. The lowest BCUT2D eigenvalue weighted by Crippen LogP contribution is -2.52. The van der Waals surface area contributed by atoms with E-state index in [-0.39, 0.29) is 17.2 Å². The lowest BCUT2D eigenvalue weighted by Gasteiger charge is -2.23. The van der Waals surface area contributed by atoms with Crippen LogP contribution in [0.5, 0.6) is 5.75 Å². The van der Waals surface area contributed by atoms with Crippen molar-refractivity contribution in [1.82, 2.24) is 16.2 Å². The van der Waals surface area contributed by atoms with Crippen LogP contribution in [0.2, 0.25) is 0 Å². The molecule has 98 valence electrons. The molecule has 1 rings (SSSR count). The molecule has 0 spiro atoms. The van der Waals surface area contributed by atoms with Gasteiger partial charge in [0.05, 0.1) is 0 Å². The largest absolute Gasteiger partial charge is 0.508 e. The predicted octanol–water partition coefficient (Wildman–Crippen LogP) is 1.30. The molecule has 0 saturated heterocycles. The standard InChI is InChI=1S/C12H17N3O2S/c1-12(2,3)13-11(18)15-14-10(17)8-4-6-9(16)7-5-8/h4-7,16H,1-3H3,(H,14,17)(H2,13,15,18). The maximum Gasteiger partial charge on any atom is 0.269 e. The van der Waals surface area contributed by atoms with Crippen LogP contribution in [0.25, 0.3) is 0 Å². The van der Waals surface area contributed by atoms with E-state index in [1.165, 1.54) is 24.3 Å². The zero-order chi connectivity index (χ0) is 13.8. The zero-order valence-electron chi connectivity index (χ0n) is 10.6. The summed E-state index contributed by atoms with van der Waals surface area (Å²) in [6.45, 7) is 5.88. The van der Waals surface area contributed by atoms with Gasteiger partial charge in [0.15, 0.2) is 5.11 Å². The smallest absolute Gasteiger partial charge is 0.269 e. The SMILES string of the molecule is CC(C)(C)NC(=S)NNC(=O)c1ccc(O)cc1. The van der Waals surface area contributed by atoms with E-state index < -0.39 is 0 Å². The molecule has 0 heterocycles. The molecule has 0 aromatic heterocycles. The van der Waals surface area contributed by atoms with Gasteiger partial charge in [0.2, 0.25) is 0 Å². The lowest BCUT2D eigenvalue weighted by molar-refractivity contribution is 0.0943. The number of phenolic OH excluding ortho intramolecular Hbond substituents is 1. The van der Waals surface area contributed by atoms with Gasteiger partial charge in [-0.1, -0.05) is 0 Å². The minimum Gasteiger partial charge on any atom is -0.508 e. The number of phenols is 1. The molecule has 0 aliphatic heterocycles. The van der Waals surface area contributed by atoms with Crippen molar-refractivity contribution in [3.63, 3.8) is 0 Å². The van der Waals surface area contributed by atoms with Crippen LogP contribution in [0.1, 0.15) is 31.1 Å². The molecule has 0 bridgehead atoms. The van der Waals surface area contributed by atoms with Gasteiger partial charge >= 0.3 is 0 Å². The number of amides is 1. The second-order valence-electron chi connectivity index (χ2n) is 4.83. The monoisotopic (exact) mass is 267 g/mol. The number of hydrazine groups is 1. The first-order valence-electron chi connectivity index (χ1n) is 5.45. The first kappa shape index (κ1) is 14.2. The molecule has 0 unspecified atom stereocenters. The van der Waals surface area contributed by atoms with Crippen molar-refractivity contribution in [1.29, 1.82) is 0 Å². The summed E-state index contributed by atoms with van der Waals surface area (Å²) >= 11 is 5.01. The summed E-state index contributed by atoms with van der Waals surface area (Å²) in [5.74, 6) is -0.211. The molecular formula is C12H17N3O2S. The van der Waals surface area contributed by atoms with Crippen molar-refractivity contribution >= 4 is 23.2 Å². The van der Waals surface area contributed by atoms with E-state index in [9.17, 15) is 4.79 Å². The van der Waals surface area contributed by atoms with E-state index in [0.717, 1.165) is 0 Å². The van der Waals surface area contributed by atoms with E-state index in [4.69, 9.17) is 17.3 Å². The highest BCUT2D eigenvalue weighted by atomic mass is 32.1. The summed E-state index contributed by atoms with van der Waals surface area (Å²) in [4.78, 5) is 11.7. The van der Waals surface area contributed by atoms with E-state index >= 15 is 0 Å². The van der Waals surface area contributed by atoms with Gasteiger partial charge < -0.3 is 10.4 Å². The highest BCUT2D eigenvalue weighted by Crippen LogP contribution is 2.08. The van der Waals surface area contributed by atoms with Gasteiger partial charge in [0.25, 0.3) is 5.91 Å². The van der Waals surface area contributed by atoms with Crippen molar-refractivity contribution < 1.29 is 9.90 Å². The van der Waals surface area contributed by atoms with Crippen molar-refractivity contribution in [3.05, 3.63) is 29.8 Å². The van der Waals surface area contributed by atoms with Crippen molar-refractivity contribution in [2.75, 3.05) is 0 Å². The highest BCUT2D eigenvalue weighted by molar-refractivity contribution is 7.80.